The molecule has 0 fully saturated rings. The van der Waals surface area contributed by atoms with Crippen molar-refractivity contribution in [1.29, 1.82) is 0 Å². The molecule has 2 atom stereocenters. The van der Waals surface area contributed by atoms with Gasteiger partial charge in [-0.15, -0.1) is 0 Å². The van der Waals surface area contributed by atoms with Gasteiger partial charge in [-0.3, -0.25) is 0 Å². The average molecular weight is 308 g/mol. The minimum atomic E-state index is -0.713. The van der Waals surface area contributed by atoms with Gasteiger partial charge in [0.1, 0.15) is 17.6 Å². The molecule has 4 nitrogen and oxygen atoms in total. The molecule has 1 aromatic carbocycles. The van der Waals surface area contributed by atoms with Gasteiger partial charge in [0.05, 0.1) is 5.60 Å². The summed E-state index contributed by atoms with van der Waals surface area (Å²) in [7, 11) is 1.62. The highest BCUT2D eigenvalue weighted by Gasteiger charge is 2.27. The number of hydrogen-bond acceptors (Lipinski definition) is 4. The van der Waals surface area contributed by atoms with Gasteiger partial charge in [0.2, 0.25) is 0 Å². The van der Waals surface area contributed by atoms with E-state index in [0.717, 1.165) is 29.9 Å². The smallest absolute Gasteiger partial charge is 0.188 e. The summed E-state index contributed by atoms with van der Waals surface area (Å²) in [6.07, 6.45) is 2.68. The Hall–Kier alpha value is -1.26. The molecule has 1 aliphatic heterocycles. The molecule has 0 unspecified atom stereocenters. The minimum Gasteiger partial charge on any atom is -0.490 e. The highest BCUT2D eigenvalue weighted by molar-refractivity contribution is 5.48. The first-order chi connectivity index (χ1) is 10.3. The molecule has 0 saturated carbocycles. The summed E-state index contributed by atoms with van der Waals surface area (Å²) >= 11 is 0. The molecule has 124 valence electrons. The summed E-state index contributed by atoms with van der Waals surface area (Å²) < 4.78 is 16.8. The molecule has 22 heavy (non-hydrogen) atoms. The molecule has 0 radical (unpaired) electrons. The molecule has 2 rings (SSSR count). The van der Waals surface area contributed by atoms with Crippen LogP contribution in [0, 0.1) is 6.92 Å². The second kappa shape index (κ2) is 6.88. The van der Waals surface area contributed by atoms with E-state index in [0.29, 0.717) is 12.3 Å². The molecule has 0 bridgehead atoms. The molecular weight excluding hydrogens is 280 g/mol. The number of hydrogen-bond donors (Lipinski definition) is 1. The number of aliphatic hydroxyl groups is 1. The highest BCUT2D eigenvalue weighted by Crippen LogP contribution is 2.40. The van der Waals surface area contributed by atoms with Crippen molar-refractivity contribution < 1.29 is 19.3 Å². The van der Waals surface area contributed by atoms with Gasteiger partial charge in [-0.25, -0.2) is 0 Å². The molecule has 1 heterocycles. The van der Waals surface area contributed by atoms with Gasteiger partial charge < -0.3 is 19.3 Å². The Morgan fingerprint density at radius 1 is 1.32 bits per heavy atom. The number of methoxy groups -OCH3 is 1. The Balaban J connectivity index is 2.25. The zero-order chi connectivity index (χ0) is 16.3. The molecule has 1 aliphatic rings. The number of benzene rings is 1. The quantitative estimate of drug-likeness (QED) is 0.841. The molecule has 0 saturated heterocycles. The van der Waals surface area contributed by atoms with Crippen molar-refractivity contribution in [2.24, 2.45) is 0 Å². The highest BCUT2D eigenvalue weighted by atomic mass is 16.7. The van der Waals surface area contributed by atoms with E-state index in [4.69, 9.17) is 14.2 Å². The number of fused-ring (bicyclic) bond motifs is 1. The number of aryl methyl sites for hydroxylation is 1. The lowest BCUT2D eigenvalue weighted by Crippen LogP contribution is -2.29. The minimum absolute atomic E-state index is 0.0499. The summed E-state index contributed by atoms with van der Waals surface area (Å²) in [5.74, 6) is 2.17. The maximum Gasteiger partial charge on any atom is 0.188 e. The van der Waals surface area contributed by atoms with Crippen LogP contribution in [0.25, 0.3) is 0 Å². The molecule has 4 heteroatoms. The van der Waals surface area contributed by atoms with Crippen molar-refractivity contribution in [3.63, 3.8) is 0 Å². The molecular formula is C18H28O4. The third kappa shape index (κ3) is 4.37. The predicted molar refractivity (Wildman–Crippen MR) is 86.7 cm³/mol. The van der Waals surface area contributed by atoms with Gasteiger partial charge in [0.15, 0.2) is 6.79 Å². The first kappa shape index (κ1) is 17.1. The lowest BCUT2D eigenvalue weighted by Gasteiger charge is -2.25. The van der Waals surface area contributed by atoms with Crippen molar-refractivity contribution in [1.82, 2.24) is 0 Å². The molecule has 0 aliphatic carbocycles. The lowest BCUT2D eigenvalue weighted by atomic mass is 9.92. The van der Waals surface area contributed by atoms with Gasteiger partial charge in [-0.05, 0) is 57.2 Å². The summed E-state index contributed by atoms with van der Waals surface area (Å²) in [5, 5.41) is 10.1. The van der Waals surface area contributed by atoms with Gasteiger partial charge in [0.25, 0.3) is 0 Å². The summed E-state index contributed by atoms with van der Waals surface area (Å²) in [4.78, 5) is 0. The second-order valence-electron chi connectivity index (χ2n) is 6.94. The van der Waals surface area contributed by atoms with E-state index in [1.807, 2.05) is 26.8 Å². The van der Waals surface area contributed by atoms with E-state index >= 15 is 0 Å². The van der Waals surface area contributed by atoms with Crippen LogP contribution in [-0.4, -0.2) is 30.7 Å². The second-order valence-corrected chi connectivity index (χ2v) is 6.94. The molecule has 0 amide bonds. The zero-order valence-electron chi connectivity index (χ0n) is 14.3. The standard InChI is InChI=1S/C18H28O4/c1-12-6-7-14(10-18(3,4)19)22-17-8-13(2)16(9-15(12)17)21-11-20-5/h8-9,12,14,19H,6-7,10-11H2,1-5H3/t12-,14-/m1/s1. The van der Waals surface area contributed by atoms with Gasteiger partial charge in [-0.2, -0.15) is 0 Å². The normalized spacial score (nSPS) is 21.7. The predicted octanol–water partition coefficient (Wildman–Crippen LogP) is 3.78. The Kier molecular flexibility index (Phi) is 5.35. The third-order valence-corrected chi connectivity index (χ3v) is 4.11. The van der Waals surface area contributed by atoms with Crippen LogP contribution >= 0.6 is 0 Å². The van der Waals surface area contributed by atoms with E-state index in [-0.39, 0.29) is 12.9 Å². The molecule has 0 aromatic heterocycles. The first-order valence-electron chi connectivity index (χ1n) is 7.95. The van der Waals surface area contributed by atoms with Crippen molar-refractivity contribution in [3.05, 3.63) is 23.3 Å². The summed E-state index contributed by atoms with van der Waals surface area (Å²) in [6.45, 7) is 8.13. The first-order valence-corrected chi connectivity index (χ1v) is 7.95. The van der Waals surface area contributed by atoms with E-state index in [1.165, 1.54) is 5.56 Å². The Labute approximate surface area is 133 Å². The van der Waals surface area contributed by atoms with Crippen LogP contribution in [-0.2, 0) is 4.74 Å². The summed E-state index contributed by atoms with van der Waals surface area (Å²) in [6, 6.07) is 4.11. The Morgan fingerprint density at radius 3 is 2.68 bits per heavy atom. The lowest BCUT2D eigenvalue weighted by molar-refractivity contribution is 0.0252. The van der Waals surface area contributed by atoms with Crippen LogP contribution in [0.1, 0.15) is 57.1 Å². The Morgan fingerprint density at radius 2 is 2.05 bits per heavy atom. The Bertz CT molecular complexity index is 505. The molecule has 1 N–H and O–H groups in total. The van der Waals surface area contributed by atoms with Crippen LogP contribution in [0.3, 0.4) is 0 Å². The van der Waals surface area contributed by atoms with Crippen molar-refractivity contribution >= 4 is 0 Å². The largest absolute Gasteiger partial charge is 0.490 e. The van der Waals surface area contributed by atoms with E-state index in [9.17, 15) is 5.11 Å². The fraction of sp³-hybridized carbons (Fsp3) is 0.667. The third-order valence-electron chi connectivity index (χ3n) is 4.11. The van der Waals surface area contributed by atoms with E-state index in [1.54, 1.807) is 7.11 Å². The van der Waals surface area contributed by atoms with Crippen molar-refractivity contribution in [2.75, 3.05) is 13.9 Å². The monoisotopic (exact) mass is 308 g/mol. The number of rotatable bonds is 5. The zero-order valence-corrected chi connectivity index (χ0v) is 14.3. The van der Waals surface area contributed by atoms with Crippen LogP contribution in [0.2, 0.25) is 0 Å². The van der Waals surface area contributed by atoms with Gasteiger partial charge >= 0.3 is 0 Å². The average Bonchev–Trinajstić information content (AvgIpc) is 2.54. The topological polar surface area (TPSA) is 47.9 Å². The van der Waals surface area contributed by atoms with Gasteiger partial charge in [-0.1, -0.05) is 6.92 Å². The van der Waals surface area contributed by atoms with Crippen molar-refractivity contribution in [2.45, 2.75) is 64.6 Å². The molecule has 0 spiro atoms. The SMILES string of the molecule is COCOc1cc2c(cc1C)O[C@@H](CC(C)(C)O)CC[C@H]2C. The fourth-order valence-electron chi connectivity index (χ4n) is 2.97. The van der Waals surface area contributed by atoms with Crippen LogP contribution in [0.5, 0.6) is 11.5 Å². The van der Waals surface area contributed by atoms with Crippen LogP contribution < -0.4 is 9.47 Å². The van der Waals surface area contributed by atoms with E-state index in [2.05, 4.69) is 13.0 Å². The van der Waals surface area contributed by atoms with Crippen LogP contribution in [0.4, 0.5) is 0 Å². The van der Waals surface area contributed by atoms with Crippen LogP contribution in [0.15, 0.2) is 12.1 Å². The maximum absolute atomic E-state index is 10.1. The van der Waals surface area contributed by atoms with E-state index < -0.39 is 5.60 Å². The fourth-order valence-corrected chi connectivity index (χ4v) is 2.97. The molecule has 1 aromatic rings. The summed E-state index contributed by atoms with van der Waals surface area (Å²) in [5.41, 5.74) is 1.50. The maximum atomic E-state index is 10.1. The number of ether oxygens (including phenoxy) is 3. The van der Waals surface area contributed by atoms with Gasteiger partial charge in [0, 0.05) is 19.1 Å². The van der Waals surface area contributed by atoms with Crippen molar-refractivity contribution in [3.8, 4) is 11.5 Å².